The standard InChI is InChI=1S/C14H25N3O3/c1-9(2)17-11(12(20-4)13(17)18)10-5-7-16(8-6-10)14(19)15-3/h9-12H,5-8H2,1-4H3,(H,15,19)/t11-,12+/m0/s1. The van der Waals surface area contributed by atoms with Crippen LogP contribution in [-0.2, 0) is 9.53 Å². The first-order chi connectivity index (χ1) is 9.51. The van der Waals surface area contributed by atoms with E-state index in [9.17, 15) is 9.59 Å². The lowest BCUT2D eigenvalue weighted by Gasteiger charge is -2.53. The molecule has 1 N–H and O–H groups in total. The zero-order chi connectivity index (χ0) is 14.9. The Labute approximate surface area is 120 Å². The Hall–Kier alpha value is -1.30. The summed E-state index contributed by atoms with van der Waals surface area (Å²) in [6, 6.07) is 0.354. The Kier molecular flexibility index (Phi) is 4.52. The molecule has 2 aliphatic heterocycles. The molecule has 0 aliphatic carbocycles. The predicted molar refractivity (Wildman–Crippen MR) is 75.3 cm³/mol. The first-order valence-corrected chi connectivity index (χ1v) is 7.32. The Morgan fingerprint density at radius 2 is 1.95 bits per heavy atom. The highest BCUT2D eigenvalue weighted by Gasteiger charge is 2.52. The number of nitrogens with one attached hydrogen (secondary N) is 1. The van der Waals surface area contributed by atoms with Gasteiger partial charge in [0, 0.05) is 33.3 Å². The molecule has 0 aromatic rings. The largest absolute Gasteiger partial charge is 0.369 e. The third kappa shape index (κ3) is 2.49. The van der Waals surface area contributed by atoms with Crippen LogP contribution in [0.15, 0.2) is 0 Å². The van der Waals surface area contributed by atoms with Crippen molar-refractivity contribution in [2.75, 3.05) is 27.2 Å². The number of β-lactam (4-membered cyclic amide) rings is 1. The molecule has 20 heavy (non-hydrogen) atoms. The van der Waals surface area contributed by atoms with E-state index in [0.29, 0.717) is 5.92 Å². The second-order valence-corrected chi connectivity index (χ2v) is 5.87. The summed E-state index contributed by atoms with van der Waals surface area (Å²) >= 11 is 0. The van der Waals surface area contributed by atoms with Crippen molar-refractivity contribution in [1.82, 2.24) is 15.1 Å². The highest BCUT2D eigenvalue weighted by atomic mass is 16.5. The zero-order valence-corrected chi connectivity index (χ0v) is 12.8. The summed E-state index contributed by atoms with van der Waals surface area (Å²) in [4.78, 5) is 27.4. The molecule has 2 rings (SSSR count). The molecule has 0 radical (unpaired) electrons. The summed E-state index contributed by atoms with van der Waals surface area (Å²) in [6.45, 7) is 5.57. The van der Waals surface area contributed by atoms with Crippen molar-refractivity contribution in [3.63, 3.8) is 0 Å². The second-order valence-electron chi connectivity index (χ2n) is 5.87. The highest BCUT2D eigenvalue weighted by Crippen LogP contribution is 2.36. The maximum Gasteiger partial charge on any atom is 0.317 e. The van der Waals surface area contributed by atoms with Gasteiger partial charge in [0.15, 0.2) is 6.10 Å². The lowest BCUT2D eigenvalue weighted by atomic mass is 9.79. The van der Waals surface area contributed by atoms with Crippen molar-refractivity contribution in [2.45, 2.75) is 44.9 Å². The van der Waals surface area contributed by atoms with Gasteiger partial charge >= 0.3 is 6.03 Å². The molecule has 3 amide bonds. The number of amides is 3. The van der Waals surface area contributed by atoms with Gasteiger partial charge in [0.2, 0.25) is 0 Å². The fourth-order valence-electron chi connectivity index (χ4n) is 3.42. The molecule has 2 fully saturated rings. The second kappa shape index (κ2) is 5.99. The number of piperidine rings is 1. The van der Waals surface area contributed by atoms with E-state index in [-0.39, 0.29) is 30.1 Å². The Morgan fingerprint density at radius 1 is 1.35 bits per heavy atom. The number of nitrogens with zero attached hydrogens (tertiary/aromatic N) is 2. The smallest absolute Gasteiger partial charge is 0.317 e. The van der Waals surface area contributed by atoms with E-state index < -0.39 is 0 Å². The van der Waals surface area contributed by atoms with E-state index in [0.717, 1.165) is 25.9 Å². The van der Waals surface area contributed by atoms with Crippen LogP contribution in [0.3, 0.4) is 0 Å². The van der Waals surface area contributed by atoms with Crippen LogP contribution in [0.2, 0.25) is 0 Å². The molecule has 2 heterocycles. The third-order valence-electron chi connectivity index (χ3n) is 4.46. The summed E-state index contributed by atoms with van der Waals surface area (Å²) in [5.74, 6) is 0.516. The van der Waals surface area contributed by atoms with Crippen molar-refractivity contribution in [2.24, 2.45) is 5.92 Å². The van der Waals surface area contributed by atoms with Gasteiger partial charge in [0.1, 0.15) is 0 Å². The van der Waals surface area contributed by atoms with Gasteiger partial charge < -0.3 is 19.9 Å². The average Bonchev–Trinajstić information content (AvgIpc) is 2.44. The van der Waals surface area contributed by atoms with Gasteiger partial charge in [-0.1, -0.05) is 0 Å². The van der Waals surface area contributed by atoms with Crippen molar-refractivity contribution in [3.8, 4) is 0 Å². The van der Waals surface area contributed by atoms with Crippen LogP contribution in [-0.4, -0.2) is 67.2 Å². The SMILES string of the molecule is CNC(=O)N1CCC([C@H]2[C@@H](OC)C(=O)N2C(C)C)CC1. The predicted octanol–water partition coefficient (Wildman–Crippen LogP) is 0.672. The normalized spacial score (nSPS) is 27.8. The maximum absolute atomic E-state index is 12.0. The molecule has 0 bridgehead atoms. The number of rotatable bonds is 3. The number of carbonyl (C=O) groups excluding carboxylic acids is 2. The van der Waals surface area contributed by atoms with E-state index in [1.807, 2.05) is 23.6 Å². The number of likely N-dealkylation sites (tertiary alicyclic amines) is 2. The Bertz CT molecular complexity index is 378. The van der Waals surface area contributed by atoms with E-state index in [1.165, 1.54) is 0 Å². The van der Waals surface area contributed by atoms with E-state index in [2.05, 4.69) is 5.32 Å². The number of carbonyl (C=O) groups is 2. The molecule has 0 unspecified atom stereocenters. The van der Waals surface area contributed by atoms with Gasteiger partial charge in [0.25, 0.3) is 5.91 Å². The number of methoxy groups -OCH3 is 1. The van der Waals surface area contributed by atoms with Gasteiger partial charge in [-0.25, -0.2) is 4.79 Å². The van der Waals surface area contributed by atoms with Gasteiger partial charge in [-0.15, -0.1) is 0 Å². The maximum atomic E-state index is 12.0. The molecule has 2 atom stereocenters. The number of ether oxygens (including phenoxy) is 1. The fraction of sp³-hybridized carbons (Fsp3) is 0.857. The van der Waals surface area contributed by atoms with Crippen LogP contribution in [0, 0.1) is 5.92 Å². The molecule has 0 saturated carbocycles. The topological polar surface area (TPSA) is 61.9 Å². The van der Waals surface area contributed by atoms with Crippen LogP contribution in [0.5, 0.6) is 0 Å². The molecule has 6 nitrogen and oxygen atoms in total. The molecule has 114 valence electrons. The van der Waals surface area contributed by atoms with Crippen molar-refractivity contribution >= 4 is 11.9 Å². The fourth-order valence-corrected chi connectivity index (χ4v) is 3.42. The first kappa shape index (κ1) is 15.1. The van der Waals surface area contributed by atoms with Gasteiger partial charge in [-0.05, 0) is 32.6 Å². The summed E-state index contributed by atoms with van der Waals surface area (Å²) in [7, 11) is 3.26. The molecule has 2 saturated heterocycles. The Morgan fingerprint density at radius 3 is 2.40 bits per heavy atom. The molecular weight excluding hydrogens is 258 g/mol. The summed E-state index contributed by atoms with van der Waals surface area (Å²) < 4.78 is 5.36. The lowest BCUT2D eigenvalue weighted by molar-refractivity contribution is -0.181. The summed E-state index contributed by atoms with van der Waals surface area (Å²) in [5, 5.41) is 2.66. The third-order valence-corrected chi connectivity index (χ3v) is 4.46. The quantitative estimate of drug-likeness (QED) is 0.775. The van der Waals surface area contributed by atoms with Crippen LogP contribution in [0.4, 0.5) is 4.79 Å². The van der Waals surface area contributed by atoms with Crippen LogP contribution in [0.1, 0.15) is 26.7 Å². The van der Waals surface area contributed by atoms with Gasteiger partial charge in [-0.2, -0.15) is 0 Å². The number of urea groups is 1. The van der Waals surface area contributed by atoms with Gasteiger partial charge in [-0.3, -0.25) is 4.79 Å². The first-order valence-electron chi connectivity index (χ1n) is 7.32. The molecule has 0 aromatic carbocycles. The highest BCUT2D eigenvalue weighted by molar-refractivity contribution is 5.88. The molecule has 0 aromatic heterocycles. The summed E-state index contributed by atoms with van der Waals surface area (Å²) in [6.07, 6.45) is 1.55. The minimum Gasteiger partial charge on any atom is -0.369 e. The van der Waals surface area contributed by atoms with E-state index in [1.54, 1.807) is 14.2 Å². The molecule has 2 aliphatic rings. The van der Waals surface area contributed by atoms with Crippen LogP contribution < -0.4 is 5.32 Å². The zero-order valence-electron chi connectivity index (χ0n) is 12.8. The van der Waals surface area contributed by atoms with Crippen molar-refractivity contribution in [1.29, 1.82) is 0 Å². The summed E-state index contributed by atoms with van der Waals surface area (Å²) in [5.41, 5.74) is 0. The van der Waals surface area contributed by atoms with Crippen molar-refractivity contribution in [3.05, 3.63) is 0 Å². The van der Waals surface area contributed by atoms with Gasteiger partial charge in [0.05, 0.1) is 6.04 Å². The number of hydrogen-bond donors (Lipinski definition) is 1. The molecule has 0 spiro atoms. The minimum absolute atomic E-state index is 0.0165. The minimum atomic E-state index is -0.297. The monoisotopic (exact) mass is 283 g/mol. The number of hydrogen-bond acceptors (Lipinski definition) is 3. The molecular formula is C14H25N3O3. The Balaban J connectivity index is 1.98. The van der Waals surface area contributed by atoms with Crippen LogP contribution >= 0.6 is 0 Å². The lowest BCUT2D eigenvalue weighted by Crippen LogP contribution is -2.70. The molecule has 6 heteroatoms. The van der Waals surface area contributed by atoms with E-state index >= 15 is 0 Å². The van der Waals surface area contributed by atoms with Crippen LogP contribution in [0.25, 0.3) is 0 Å². The van der Waals surface area contributed by atoms with E-state index in [4.69, 9.17) is 4.74 Å². The average molecular weight is 283 g/mol. The van der Waals surface area contributed by atoms with Crippen molar-refractivity contribution < 1.29 is 14.3 Å².